The molecule has 0 aliphatic carbocycles. The molecule has 56 heavy (non-hydrogen) atoms. The van der Waals surface area contributed by atoms with Crippen molar-refractivity contribution in [3.63, 3.8) is 0 Å². The molecule has 7 aromatic carbocycles. The lowest BCUT2D eigenvalue weighted by atomic mass is 9.93. The van der Waals surface area contributed by atoms with Crippen molar-refractivity contribution in [1.82, 2.24) is 15.0 Å². The van der Waals surface area contributed by atoms with Crippen LogP contribution in [0.2, 0.25) is 0 Å². The highest BCUT2D eigenvalue weighted by Crippen LogP contribution is 2.45. The van der Waals surface area contributed by atoms with Crippen LogP contribution in [-0.4, -0.2) is 15.0 Å². The van der Waals surface area contributed by atoms with Crippen LogP contribution in [-0.2, 0) is 0 Å². The van der Waals surface area contributed by atoms with Gasteiger partial charge in [-0.1, -0.05) is 127 Å². The number of thiophene rings is 2. The van der Waals surface area contributed by atoms with Crippen molar-refractivity contribution in [2.75, 3.05) is 0 Å². The van der Waals surface area contributed by atoms with Crippen LogP contribution in [0.1, 0.15) is 0 Å². The second-order valence-corrected chi connectivity index (χ2v) is 16.1. The average Bonchev–Trinajstić information content (AvgIpc) is 3.86. The molecule has 5 heteroatoms. The summed E-state index contributed by atoms with van der Waals surface area (Å²) in [6.07, 6.45) is 1.83. The van der Waals surface area contributed by atoms with E-state index in [4.69, 9.17) is 9.97 Å². The van der Waals surface area contributed by atoms with Gasteiger partial charge in [-0.3, -0.25) is 4.98 Å². The van der Waals surface area contributed by atoms with Gasteiger partial charge in [0.15, 0.2) is 5.82 Å². The zero-order valence-electron chi connectivity index (χ0n) is 30.1. The fourth-order valence-electron chi connectivity index (χ4n) is 7.87. The normalized spacial score (nSPS) is 11.6. The molecule has 0 atom stereocenters. The van der Waals surface area contributed by atoms with E-state index in [2.05, 4.69) is 151 Å². The number of hydrogen-bond donors (Lipinski definition) is 0. The molecule has 0 bridgehead atoms. The van der Waals surface area contributed by atoms with E-state index in [1.807, 2.05) is 65.3 Å². The van der Waals surface area contributed by atoms with E-state index in [9.17, 15) is 0 Å². The van der Waals surface area contributed by atoms with Crippen LogP contribution < -0.4 is 0 Å². The second kappa shape index (κ2) is 13.5. The van der Waals surface area contributed by atoms with Gasteiger partial charge in [-0.25, -0.2) is 9.97 Å². The van der Waals surface area contributed by atoms with Gasteiger partial charge in [0, 0.05) is 68.8 Å². The lowest BCUT2D eigenvalue weighted by Crippen LogP contribution is -1.97. The Labute approximate surface area is 331 Å². The minimum Gasteiger partial charge on any atom is -0.256 e. The van der Waals surface area contributed by atoms with Crippen LogP contribution in [0.25, 0.3) is 108 Å². The summed E-state index contributed by atoms with van der Waals surface area (Å²) < 4.78 is 5.16. The highest BCUT2D eigenvalue weighted by molar-refractivity contribution is 7.26. The number of hydrogen-bond acceptors (Lipinski definition) is 5. The third-order valence-electron chi connectivity index (χ3n) is 10.5. The number of pyridine rings is 1. The molecule has 262 valence electrons. The molecule has 0 aliphatic heterocycles. The number of rotatable bonds is 6. The Morgan fingerprint density at radius 2 is 0.804 bits per heavy atom. The summed E-state index contributed by atoms with van der Waals surface area (Å²) >= 11 is 3.72. The number of benzene rings is 7. The summed E-state index contributed by atoms with van der Waals surface area (Å²) in [5, 5.41) is 5.15. The van der Waals surface area contributed by atoms with E-state index in [1.54, 1.807) is 0 Å². The van der Waals surface area contributed by atoms with Gasteiger partial charge in [0.1, 0.15) is 0 Å². The van der Waals surface area contributed by atoms with Gasteiger partial charge in [0.2, 0.25) is 0 Å². The van der Waals surface area contributed by atoms with E-state index in [-0.39, 0.29) is 0 Å². The van der Waals surface area contributed by atoms with Crippen LogP contribution in [0, 0.1) is 0 Å². The molecule has 4 aromatic heterocycles. The van der Waals surface area contributed by atoms with E-state index in [0.717, 1.165) is 50.5 Å². The van der Waals surface area contributed by atoms with Gasteiger partial charge in [0.25, 0.3) is 0 Å². The summed E-state index contributed by atoms with van der Waals surface area (Å²) in [4.78, 5) is 15.2. The Bertz CT molecular complexity index is 3120. The maximum Gasteiger partial charge on any atom is 0.160 e. The smallest absolute Gasteiger partial charge is 0.160 e. The van der Waals surface area contributed by atoms with Crippen molar-refractivity contribution in [2.24, 2.45) is 0 Å². The molecular formula is C51H31N3S2. The van der Waals surface area contributed by atoms with Crippen molar-refractivity contribution in [3.05, 3.63) is 188 Å². The van der Waals surface area contributed by atoms with Crippen LogP contribution >= 0.6 is 22.7 Å². The van der Waals surface area contributed by atoms with Crippen molar-refractivity contribution >= 4 is 63.0 Å². The van der Waals surface area contributed by atoms with Crippen molar-refractivity contribution in [1.29, 1.82) is 0 Å². The minimum atomic E-state index is 0.687. The topological polar surface area (TPSA) is 38.7 Å². The molecule has 0 spiro atoms. The Kier molecular flexibility index (Phi) is 7.87. The minimum absolute atomic E-state index is 0.687. The summed E-state index contributed by atoms with van der Waals surface area (Å²) in [6.45, 7) is 0. The first-order valence-electron chi connectivity index (χ1n) is 18.7. The van der Waals surface area contributed by atoms with Crippen molar-refractivity contribution < 1.29 is 0 Å². The highest BCUT2D eigenvalue weighted by Gasteiger charge is 2.18. The molecule has 0 amide bonds. The molecule has 0 radical (unpaired) electrons. The Hall–Kier alpha value is -6.79. The summed E-state index contributed by atoms with van der Waals surface area (Å²) in [5.74, 6) is 0.687. The van der Waals surface area contributed by atoms with E-state index in [0.29, 0.717) is 5.82 Å². The molecular weight excluding hydrogens is 719 g/mol. The number of aromatic nitrogens is 3. The average molecular weight is 750 g/mol. The lowest BCUT2D eigenvalue weighted by molar-refractivity contribution is 1.18. The molecule has 0 aliphatic rings. The zero-order chi connectivity index (χ0) is 37.0. The second-order valence-electron chi connectivity index (χ2n) is 14.0. The molecule has 11 rings (SSSR count). The van der Waals surface area contributed by atoms with Crippen molar-refractivity contribution in [3.8, 4) is 67.4 Å². The highest BCUT2D eigenvalue weighted by atomic mass is 32.1. The number of fused-ring (bicyclic) bond motifs is 6. The van der Waals surface area contributed by atoms with Gasteiger partial charge in [-0.05, 0) is 76.9 Å². The summed E-state index contributed by atoms with van der Waals surface area (Å²) in [5.41, 5.74) is 11.5. The van der Waals surface area contributed by atoms with Gasteiger partial charge >= 0.3 is 0 Å². The van der Waals surface area contributed by atoms with E-state index >= 15 is 0 Å². The standard InChI is InChI=1S/C51H31N3S2/c1-2-13-32(14-3-1)51-53-45(34-16-10-15-33(27-34)44-23-8-9-26-52-44)31-46(54-51)37-29-35(38-19-11-21-42-40-17-4-6-24-47(40)55-49(38)42)28-36(30-37)39-20-12-22-43-41-18-5-7-25-48(41)56-50(39)43/h1-31H. The summed E-state index contributed by atoms with van der Waals surface area (Å²) in [7, 11) is 0. The third-order valence-corrected chi connectivity index (χ3v) is 13.0. The van der Waals surface area contributed by atoms with E-state index < -0.39 is 0 Å². The Morgan fingerprint density at radius 1 is 0.321 bits per heavy atom. The Balaban J connectivity index is 1.17. The first kappa shape index (κ1) is 32.6. The van der Waals surface area contributed by atoms with Crippen LogP contribution in [0.3, 0.4) is 0 Å². The molecule has 0 N–H and O–H groups in total. The van der Waals surface area contributed by atoms with Crippen LogP contribution in [0.4, 0.5) is 0 Å². The van der Waals surface area contributed by atoms with Gasteiger partial charge in [-0.2, -0.15) is 0 Å². The van der Waals surface area contributed by atoms with Gasteiger partial charge in [0.05, 0.1) is 17.1 Å². The quantitative estimate of drug-likeness (QED) is 0.170. The first-order valence-corrected chi connectivity index (χ1v) is 20.3. The monoisotopic (exact) mass is 749 g/mol. The zero-order valence-corrected chi connectivity index (χ0v) is 31.7. The van der Waals surface area contributed by atoms with Crippen molar-refractivity contribution in [2.45, 2.75) is 0 Å². The van der Waals surface area contributed by atoms with Gasteiger partial charge in [-0.15, -0.1) is 22.7 Å². The maximum absolute atomic E-state index is 5.33. The first-order chi connectivity index (χ1) is 27.7. The number of nitrogens with zero attached hydrogens (tertiary/aromatic N) is 3. The fraction of sp³-hybridized carbons (Fsp3) is 0. The predicted octanol–water partition coefficient (Wildman–Crippen LogP) is 14.6. The van der Waals surface area contributed by atoms with Crippen LogP contribution in [0.5, 0.6) is 0 Å². The molecule has 0 unspecified atom stereocenters. The largest absolute Gasteiger partial charge is 0.256 e. The summed E-state index contributed by atoms with van der Waals surface area (Å²) in [6, 6.07) is 64.8. The SMILES string of the molecule is c1ccc(-c2nc(-c3cccc(-c4ccccn4)c3)cc(-c3cc(-c4cccc5c4sc4ccccc45)cc(-c4cccc5c4sc4ccccc45)c3)n2)cc1. The van der Waals surface area contributed by atoms with Gasteiger partial charge < -0.3 is 0 Å². The molecule has 0 saturated heterocycles. The molecule has 3 nitrogen and oxygen atoms in total. The lowest BCUT2D eigenvalue weighted by Gasteiger charge is -2.14. The van der Waals surface area contributed by atoms with E-state index in [1.165, 1.54) is 51.5 Å². The molecule has 4 heterocycles. The Morgan fingerprint density at radius 3 is 1.43 bits per heavy atom. The predicted molar refractivity (Wildman–Crippen MR) is 238 cm³/mol. The molecule has 11 aromatic rings. The molecule has 0 fully saturated rings. The maximum atomic E-state index is 5.33. The van der Waals surface area contributed by atoms with Crippen LogP contribution in [0.15, 0.2) is 188 Å². The molecule has 0 saturated carbocycles. The fourth-order valence-corrected chi connectivity index (χ4v) is 10.3. The third kappa shape index (κ3) is 5.68.